The predicted molar refractivity (Wildman–Crippen MR) is 93.5 cm³/mol. The van der Waals surface area contributed by atoms with Gasteiger partial charge in [0.2, 0.25) is 0 Å². The van der Waals surface area contributed by atoms with Crippen molar-refractivity contribution >= 4 is 27.5 Å². The molecule has 0 aliphatic carbocycles. The van der Waals surface area contributed by atoms with Crippen LogP contribution in [0.1, 0.15) is 42.8 Å². The quantitative estimate of drug-likeness (QED) is 0.597. The van der Waals surface area contributed by atoms with Gasteiger partial charge < -0.3 is 4.74 Å². The largest absolute Gasteiger partial charge is 0.496 e. The molecule has 21 heavy (non-hydrogen) atoms. The third-order valence-corrected chi connectivity index (χ3v) is 4.51. The molecule has 112 valence electrons. The van der Waals surface area contributed by atoms with Crippen LogP contribution in [0.15, 0.2) is 46.9 Å². The van der Waals surface area contributed by atoms with Crippen LogP contribution in [-0.2, 0) is 5.41 Å². The molecule has 2 aromatic carbocycles. The minimum absolute atomic E-state index is 0.147. The molecule has 0 fully saturated rings. The van der Waals surface area contributed by atoms with Gasteiger partial charge in [-0.3, -0.25) is 0 Å². The van der Waals surface area contributed by atoms with E-state index in [-0.39, 0.29) is 10.8 Å². The standard InChI is InChI=1S/C18H20BrClO/c1-18(2,3)13-7-5-12(6-8-13)17(20)15-11-14(19)9-10-16(15)21-4/h5-11,17H,1-4H3. The van der Waals surface area contributed by atoms with Crippen molar-refractivity contribution in [1.82, 2.24) is 0 Å². The van der Waals surface area contributed by atoms with Gasteiger partial charge in [0.25, 0.3) is 0 Å². The average Bonchev–Trinajstić information content (AvgIpc) is 2.45. The highest BCUT2D eigenvalue weighted by Gasteiger charge is 2.18. The van der Waals surface area contributed by atoms with Crippen LogP contribution in [0.5, 0.6) is 5.75 Å². The second-order valence-corrected chi connectivity index (χ2v) is 7.47. The first-order chi connectivity index (χ1) is 9.82. The summed E-state index contributed by atoms with van der Waals surface area (Å²) in [4.78, 5) is 0. The summed E-state index contributed by atoms with van der Waals surface area (Å²) in [5.41, 5.74) is 3.49. The summed E-state index contributed by atoms with van der Waals surface area (Å²) < 4.78 is 6.41. The molecule has 0 radical (unpaired) electrons. The van der Waals surface area contributed by atoms with Crippen molar-refractivity contribution in [2.75, 3.05) is 7.11 Å². The second-order valence-electron chi connectivity index (χ2n) is 6.12. The first-order valence-corrected chi connectivity index (χ1v) is 8.14. The third-order valence-electron chi connectivity index (χ3n) is 3.53. The lowest BCUT2D eigenvalue weighted by molar-refractivity contribution is 0.410. The van der Waals surface area contributed by atoms with Crippen LogP contribution in [0.3, 0.4) is 0 Å². The molecule has 0 spiro atoms. The number of halogens is 2. The molecule has 0 aliphatic heterocycles. The molecule has 0 bridgehead atoms. The highest BCUT2D eigenvalue weighted by atomic mass is 79.9. The van der Waals surface area contributed by atoms with Crippen LogP contribution in [0, 0.1) is 0 Å². The van der Waals surface area contributed by atoms with Gasteiger partial charge in [-0.25, -0.2) is 0 Å². The smallest absolute Gasteiger partial charge is 0.123 e. The van der Waals surface area contributed by atoms with Crippen molar-refractivity contribution in [2.24, 2.45) is 0 Å². The molecular weight excluding hydrogens is 348 g/mol. The van der Waals surface area contributed by atoms with Gasteiger partial charge in [-0.15, -0.1) is 11.6 Å². The van der Waals surface area contributed by atoms with Gasteiger partial charge in [0, 0.05) is 10.0 Å². The van der Waals surface area contributed by atoms with Crippen LogP contribution in [0.4, 0.5) is 0 Å². The molecule has 0 amide bonds. The Labute approximate surface area is 140 Å². The highest BCUT2D eigenvalue weighted by Crippen LogP contribution is 2.37. The molecule has 0 N–H and O–H groups in total. The number of rotatable bonds is 3. The molecular formula is C18H20BrClO. The maximum atomic E-state index is 6.65. The molecule has 0 saturated heterocycles. The summed E-state index contributed by atoms with van der Waals surface area (Å²) >= 11 is 10.1. The minimum Gasteiger partial charge on any atom is -0.496 e. The fourth-order valence-electron chi connectivity index (χ4n) is 2.23. The fourth-order valence-corrected chi connectivity index (χ4v) is 2.93. The van der Waals surface area contributed by atoms with Crippen LogP contribution in [-0.4, -0.2) is 7.11 Å². The Balaban J connectivity index is 2.36. The van der Waals surface area contributed by atoms with E-state index in [1.165, 1.54) is 5.56 Å². The maximum Gasteiger partial charge on any atom is 0.123 e. The van der Waals surface area contributed by atoms with E-state index >= 15 is 0 Å². The van der Waals surface area contributed by atoms with Gasteiger partial charge in [0.1, 0.15) is 5.75 Å². The molecule has 0 aromatic heterocycles. The highest BCUT2D eigenvalue weighted by molar-refractivity contribution is 9.10. The molecule has 3 heteroatoms. The number of methoxy groups -OCH3 is 1. The number of alkyl halides is 1. The second kappa shape index (κ2) is 6.41. The lowest BCUT2D eigenvalue weighted by Crippen LogP contribution is -2.10. The lowest BCUT2D eigenvalue weighted by atomic mass is 9.86. The summed E-state index contributed by atoms with van der Waals surface area (Å²) in [6.45, 7) is 6.62. The van der Waals surface area contributed by atoms with E-state index in [2.05, 4.69) is 61.0 Å². The van der Waals surface area contributed by atoms with Crippen molar-refractivity contribution in [3.8, 4) is 5.75 Å². The first-order valence-electron chi connectivity index (χ1n) is 6.91. The SMILES string of the molecule is COc1ccc(Br)cc1C(Cl)c1ccc(C(C)(C)C)cc1. The van der Waals surface area contributed by atoms with Gasteiger partial charge in [-0.1, -0.05) is 61.0 Å². The number of hydrogen-bond donors (Lipinski definition) is 0. The first kappa shape index (κ1) is 16.4. The Bertz CT molecular complexity index is 614. The van der Waals surface area contributed by atoms with Gasteiger partial charge in [0.15, 0.2) is 0 Å². The van der Waals surface area contributed by atoms with Crippen molar-refractivity contribution in [1.29, 1.82) is 0 Å². The van der Waals surface area contributed by atoms with E-state index in [1.807, 2.05) is 18.2 Å². The lowest BCUT2D eigenvalue weighted by Gasteiger charge is -2.20. The number of benzene rings is 2. The van der Waals surface area contributed by atoms with E-state index in [0.717, 1.165) is 21.3 Å². The molecule has 0 aliphatic rings. The predicted octanol–water partition coefficient (Wildman–Crippen LogP) is 6.08. The zero-order valence-electron chi connectivity index (χ0n) is 12.8. The van der Waals surface area contributed by atoms with Crippen LogP contribution in [0.2, 0.25) is 0 Å². The van der Waals surface area contributed by atoms with Gasteiger partial charge in [-0.2, -0.15) is 0 Å². The summed E-state index contributed by atoms with van der Waals surface area (Å²) in [6.07, 6.45) is 0. The van der Waals surface area contributed by atoms with Gasteiger partial charge in [0.05, 0.1) is 12.5 Å². The fraction of sp³-hybridized carbons (Fsp3) is 0.333. The molecule has 0 heterocycles. The Kier molecular flexibility index (Phi) is 5.00. The summed E-state index contributed by atoms with van der Waals surface area (Å²) in [7, 11) is 1.67. The zero-order valence-corrected chi connectivity index (χ0v) is 15.1. The summed E-state index contributed by atoms with van der Waals surface area (Å²) in [6, 6.07) is 14.4. The Morgan fingerprint density at radius 2 is 1.67 bits per heavy atom. The van der Waals surface area contributed by atoms with E-state index in [1.54, 1.807) is 7.11 Å². The minimum atomic E-state index is -0.230. The van der Waals surface area contributed by atoms with Crippen LogP contribution >= 0.6 is 27.5 Å². The van der Waals surface area contributed by atoms with Crippen LogP contribution < -0.4 is 4.74 Å². The normalized spacial score (nSPS) is 13.0. The number of hydrogen-bond acceptors (Lipinski definition) is 1. The van der Waals surface area contributed by atoms with Crippen LogP contribution in [0.25, 0.3) is 0 Å². The monoisotopic (exact) mass is 366 g/mol. The Morgan fingerprint density at radius 3 is 2.19 bits per heavy atom. The molecule has 2 aromatic rings. The van der Waals surface area contributed by atoms with Crippen molar-refractivity contribution in [3.63, 3.8) is 0 Å². The zero-order chi connectivity index (χ0) is 15.6. The van der Waals surface area contributed by atoms with Gasteiger partial charge >= 0.3 is 0 Å². The summed E-state index contributed by atoms with van der Waals surface area (Å²) in [5, 5.41) is -0.230. The molecule has 1 nitrogen and oxygen atoms in total. The number of ether oxygens (including phenoxy) is 1. The van der Waals surface area contributed by atoms with Crippen molar-refractivity contribution in [2.45, 2.75) is 31.6 Å². The average molecular weight is 368 g/mol. The molecule has 2 rings (SSSR count). The van der Waals surface area contributed by atoms with E-state index < -0.39 is 0 Å². The van der Waals surface area contributed by atoms with Crippen molar-refractivity contribution < 1.29 is 4.74 Å². The molecule has 0 saturated carbocycles. The van der Waals surface area contributed by atoms with Gasteiger partial charge in [-0.05, 0) is 34.7 Å². The topological polar surface area (TPSA) is 9.23 Å². The van der Waals surface area contributed by atoms with Crippen molar-refractivity contribution in [3.05, 3.63) is 63.6 Å². The summed E-state index contributed by atoms with van der Waals surface area (Å²) in [5.74, 6) is 0.804. The van der Waals surface area contributed by atoms with E-state index in [0.29, 0.717) is 0 Å². The molecule has 1 unspecified atom stereocenters. The molecule has 1 atom stereocenters. The third kappa shape index (κ3) is 3.81. The Hall–Kier alpha value is -0.990. The Morgan fingerprint density at radius 1 is 1.05 bits per heavy atom. The maximum absolute atomic E-state index is 6.65. The van der Waals surface area contributed by atoms with E-state index in [9.17, 15) is 0 Å². The van der Waals surface area contributed by atoms with E-state index in [4.69, 9.17) is 16.3 Å².